The summed E-state index contributed by atoms with van der Waals surface area (Å²) in [6.45, 7) is 0.0884. The van der Waals surface area contributed by atoms with E-state index < -0.39 is 18.8 Å². The molecule has 0 aliphatic carbocycles. The lowest BCUT2D eigenvalue weighted by Crippen LogP contribution is -2.47. The molecule has 0 heterocycles. The van der Waals surface area contributed by atoms with Crippen LogP contribution < -0.4 is 5.32 Å². The van der Waals surface area contributed by atoms with Crippen LogP contribution in [0.15, 0.2) is 0 Å². The van der Waals surface area contributed by atoms with E-state index in [1.165, 1.54) is 19.0 Å². The van der Waals surface area contributed by atoms with Crippen LogP contribution in [0.25, 0.3) is 0 Å². The van der Waals surface area contributed by atoms with Gasteiger partial charge in [-0.2, -0.15) is 13.2 Å². The largest absolute Gasteiger partial charge is 0.405 e. The first-order chi connectivity index (χ1) is 7.67. The lowest BCUT2D eigenvalue weighted by molar-refractivity contribution is -0.129. The number of halogens is 3. The first kappa shape index (κ1) is 15.5. The smallest absolute Gasteiger partial charge is 0.347 e. The van der Waals surface area contributed by atoms with E-state index in [0.29, 0.717) is 0 Å². The Hall–Kier alpha value is -1.47. The zero-order valence-corrected chi connectivity index (χ0v) is 9.97. The molecule has 0 aromatic carbocycles. The maximum Gasteiger partial charge on any atom is 0.405 e. The third-order valence-electron chi connectivity index (χ3n) is 1.93. The van der Waals surface area contributed by atoms with Gasteiger partial charge in [-0.1, -0.05) is 0 Å². The molecule has 1 N–H and O–H groups in total. The van der Waals surface area contributed by atoms with Gasteiger partial charge in [0.2, 0.25) is 5.91 Å². The average molecular weight is 255 g/mol. The first-order valence-electron chi connectivity index (χ1n) is 4.97. The van der Waals surface area contributed by atoms with E-state index in [2.05, 4.69) is 0 Å². The van der Waals surface area contributed by atoms with E-state index in [1.54, 1.807) is 12.2 Å². The van der Waals surface area contributed by atoms with Crippen LogP contribution in [-0.2, 0) is 4.79 Å². The van der Waals surface area contributed by atoms with Crippen LogP contribution >= 0.6 is 0 Å². The van der Waals surface area contributed by atoms with Crippen LogP contribution in [0.5, 0.6) is 0 Å². The van der Waals surface area contributed by atoms with Crippen molar-refractivity contribution in [1.82, 2.24) is 15.1 Å². The number of carbonyl (C=O) groups is 2. The standard InChI is InChI=1S/C9H16F3N3O2/c1-4-15(5-7(16)14(2)3)8(17)13-6-9(10,11)12/h4-6H2,1-3H3,(H,13,17). The van der Waals surface area contributed by atoms with Gasteiger partial charge in [0.1, 0.15) is 13.1 Å². The van der Waals surface area contributed by atoms with E-state index in [1.807, 2.05) is 0 Å². The van der Waals surface area contributed by atoms with Crippen molar-refractivity contribution in [3.63, 3.8) is 0 Å². The molecule has 0 spiro atoms. The summed E-state index contributed by atoms with van der Waals surface area (Å²) in [5.41, 5.74) is 0. The molecule has 17 heavy (non-hydrogen) atoms. The summed E-state index contributed by atoms with van der Waals surface area (Å²) in [6, 6.07) is -0.903. The Morgan fingerprint density at radius 1 is 1.24 bits per heavy atom. The fraction of sp³-hybridized carbons (Fsp3) is 0.778. The van der Waals surface area contributed by atoms with Crippen molar-refractivity contribution < 1.29 is 22.8 Å². The number of likely N-dealkylation sites (N-methyl/N-ethyl adjacent to an activating group) is 2. The van der Waals surface area contributed by atoms with Crippen LogP contribution in [-0.4, -0.2) is 61.6 Å². The molecule has 0 saturated heterocycles. The van der Waals surface area contributed by atoms with Gasteiger partial charge in [-0.25, -0.2) is 4.79 Å². The number of hydrogen-bond donors (Lipinski definition) is 1. The molecule has 3 amide bonds. The van der Waals surface area contributed by atoms with Gasteiger partial charge in [0.25, 0.3) is 0 Å². The Morgan fingerprint density at radius 2 is 1.76 bits per heavy atom. The van der Waals surface area contributed by atoms with Crippen molar-refractivity contribution in [1.29, 1.82) is 0 Å². The summed E-state index contributed by atoms with van der Waals surface area (Å²) in [4.78, 5) is 24.9. The van der Waals surface area contributed by atoms with Gasteiger partial charge in [-0.15, -0.1) is 0 Å². The highest BCUT2D eigenvalue weighted by atomic mass is 19.4. The predicted molar refractivity (Wildman–Crippen MR) is 55.4 cm³/mol. The van der Waals surface area contributed by atoms with Gasteiger partial charge in [-0.05, 0) is 6.92 Å². The van der Waals surface area contributed by atoms with Crippen LogP contribution in [0.2, 0.25) is 0 Å². The quantitative estimate of drug-likeness (QED) is 0.802. The summed E-state index contributed by atoms with van der Waals surface area (Å²) in [7, 11) is 3.01. The van der Waals surface area contributed by atoms with Crippen molar-refractivity contribution in [3.05, 3.63) is 0 Å². The Labute approximate surface area is 97.5 Å². The minimum Gasteiger partial charge on any atom is -0.347 e. The zero-order valence-electron chi connectivity index (χ0n) is 9.97. The minimum absolute atomic E-state index is 0.156. The van der Waals surface area contributed by atoms with Crippen molar-refractivity contribution in [3.8, 4) is 0 Å². The Bertz CT molecular complexity index is 279. The van der Waals surface area contributed by atoms with Gasteiger partial charge in [0.15, 0.2) is 0 Å². The van der Waals surface area contributed by atoms with E-state index in [4.69, 9.17) is 0 Å². The summed E-state index contributed by atoms with van der Waals surface area (Å²) < 4.78 is 35.6. The maximum absolute atomic E-state index is 11.9. The van der Waals surface area contributed by atoms with Crippen LogP contribution in [0, 0.1) is 0 Å². The van der Waals surface area contributed by atoms with E-state index >= 15 is 0 Å². The SMILES string of the molecule is CCN(CC(=O)N(C)C)C(=O)NCC(F)(F)F. The maximum atomic E-state index is 11.9. The lowest BCUT2D eigenvalue weighted by Gasteiger charge is -2.22. The predicted octanol–water partition coefficient (Wildman–Crippen LogP) is 0.668. The zero-order chi connectivity index (χ0) is 13.6. The van der Waals surface area contributed by atoms with Crippen molar-refractivity contribution in [2.24, 2.45) is 0 Å². The molecule has 100 valence electrons. The molecule has 5 nitrogen and oxygen atoms in total. The number of urea groups is 1. The molecule has 0 aliphatic heterocycles. The molecule has 0 aromatic rings. The summed E-state index contributed by atoms with van der Waals surface area (Å²) in [5.74, 6) is -0.353. The van der Waals surface area contributed by atoms with Gasteiger partial charge in [0.05, 0.1) is 0 Å². The average Bonchev–Trinajstić information content (AvgIpc) is 2.20. The molecule has 8 heteroatoms. The molecule has 0 radical (unpaired) electrons. The molecule has 0 atom stereocenters. The Balaban J connectivity index is 4.27. The number of nitrogens with zero attached hydrogens (tertiary/aromatic N) is 2. The van der Waals surface area contributed by atoms with Crippen molar-refractivity contribution >= 4 is 11.9 Å². The van der Waals surface area contributed by atoms with Gasteiger partial charge >= 0.3 is 12.2 Å². The molecule has 0 aromatic heterocycles. The third kappa shape index (κ3) is 6.64. The van der Waals surface area contributed by atoms with E-state index in [0.717, 1.165) is 4.90 Å². The van der Waals surface area contributed by atoms with E-state index in [-0.39, 0.29) is 19.0 Å². The first-order valence-corrected chi connectivity index (χ1v) is 4.97. The normalized spacial score (nSPS) is 10.9. The molecular formula is C9H16F3N3O2. The molecule has 0 fully saturated rings. The van der Waals surface area contributed by atoms with Gasteiger partial charge < -0.3 is 15.1 Å². The van der Waals surface area contributed by atoms with Crippen molar-refractivity contribution in [2.75, 3.05) is 33.7 Å². The highest BCUT2D eigenvalue weighted by Gasteiger charge is 2.29. The monoisotopic (exact) mass is 255 g/mol. The summed E-state index contributed by atoms with van der Waals surface area (Å²) in [5, 5.41) is 1.71. The van der Waals surface area contributed by atoms with Crippen LogP contribution in [0.1, 0.15) is 6.92 Å². The second-order valence-electron chi connectivity index (χ2n) is 3.58. The number of alkyl halides is 3. The minimum atomic E-state index is -4.46. The topological polar surface area (TPSA) is 52.7 Å². The lowest BCUT2D eigenvalue weighted by atomic mass is 10.4. The fourth-order valence-corrected chi connectivity index (χ4v) is 0.920. The number of nitrogens with one attached hydrogen (secondary N) is 1. The van der Waals surface area contributed by atoms with E-state index in [9.17, 15) is 22.8 Å². The Morgan fingerprint density at radius 3 is 2.12 bits per heavy atom. The number of amides is 3. The molecule has 0 bridgehead atoms. The van der Waals surface area contributed by atoms with Crippen LogP contribution in [0.3, 0.4) is 0 Å². The summed E-state index contributed by atoms with van der Waals surface area (Å²) >= 11 is 0. The van der Waals surface area contributed by atoms with Gasteiger partial charge in [0, 0.05) is 20.6 Å². The Kier molecular flexibility index (Phi) is 5.77. The fourth-order valence-electron chi connectivity index (χ4n) is 0.920. The molecular weight excluding hydrogens is 239 g/mol. The second kappa shape index (κ2) is 6.31. The highest BCUT2D eigenvalue weighted by Crippen LogP contribution is 2.12. The number of hydrogen-bond acceptors (Lipinski definition) is 2. The molecule has 0 saturated carbocycles. The molecule has 0 aliphatic rings. The number of carbonyl (C=O) groups excluding carboxylic acids is 2. The summed E-state index contributed by atoms with van der Waals surface area (Å²) in [6.07, 6.45) is -4.46. The second-order valence-corrected chi connectivity index (χ2v) is 3.58. The van der Waals surface area contributed by atoms with Gasteiger partial charge in [-0.3, -0.25) is 4.79 Å². The third-order valence-corrected chi connectivity index (χ3v) is 1.93. The van der Waals surface area contributed by atoms with Crippen molar-refractivity contribution in [2.45, 2.75) is 13.1 Å². The number of rotatable bonds is 4. The molecule has 0 rings (SSSR count). The highest BCUT2D eigenvalue weighted by molar-refractivity contribution is 5.83. The molecule has 0 unspecified atom stereocenters. The van der Waals surface area contributed by atoms with Crippen LogP contribution in [0.4, 0.5) is 18.0 Å².